The second-order valence-corrected chi connectivity index (χ2v) is 5.18. The third-order valence-electron chi connectivity index (χ3n) is 3.50. The molecule has 1 aromatic carbocycles. The number of benzene rings is 1. The molecule has 1 aliphatic rings. The summed E-state index contributed by atoms with van der Waals surface area (Å²) in [6.45, 7) is 1.15. The molecule has 1 aliphatic heterocycles. The highest BCUT2D eigenvalue weighted by Gasteiger charge is 2.17. The summed E-state index contributed by atoms with van der Waals surface area (Å²) >= 11 is 6.26. The second-order valence-electron chi connectivity index (χ2n) is 4.83. The van der Waals surface area contributed by atoms with E-state index in [4.69, 9.17) is 16.3 Å². The highest BCUT2D eigenvalue weighted by atomic mass is 35.5. The molecule has 0 radical (unpaired) electrons. The van der Waals surface area contributed by atoms with Gasteiger partial charge in [-0.3, -0.25) is 9.97 Å². The lowest BCUT2D eigenvalue weighted by molar-refractivity contribution is 0.109. The van der Waals surface area contributed by atoms with Crippen LogP contribution in [0.15, 0.2) is 30.6 Å². The van der Waals surface area contributed by atoms with E-state index in [1.54, 1.807) is 12.4 Å². The summed E-state index contributed by atoms with van der Waals surface area (Å²) in [6.07, 6.45) is 4.11. The van der Waals surface area contributed by atoms with Crippen molar-refractivity contribution in [3.8, 4) is 11.4 Å². The van der Waals surface area contributed by atoms with Gasteiger partial charge in [-0.25, -0.2) is 9.97 Å². The minimum atomic E-state index is 0.467. The van der Waals surface area contributed by atoms with Gasteiger partial charge in [0.2, 0.25) is 0 Å². The van der Waals surface area contributed by atoms with Crippen molar-refractivity contribution >= 4 is 22.6 Å². The van der Waals surface area contributed by atoms with E-state index in [1.165, 1.54) is 0 Å². The molecule has 0 spiro atoms. The van der Waals surface area contributed by atoms with Crippen molar-refractivity contribution < 1.29 is 4.74 Å². The van der Waals surface area contributed by atoms with Crippen molar-refractivity contribution in [2.75, 3.05) is 6.61 Å². The molecule has 0 aliphatic carbocycles. The first kappa shape index (κ1) is 12.6. The molecule has 21 heavy (non-hydrogen) atoms. The fourth-order valence-electron chi connectivity index (χ4n) is 2.42. The summed E-state index contributed by atoms with van der Waals surface area (Å²) in [4.78, 5) is 17.6. The van der Waals surface area contributed by atoms with Crippen molar-refractivity contribution in [2.24, 2.45) is 0 Å². The van der Waals surface area contributed by atoms with E-state index in [9.17, 15) is 0 Å². The maximum atomic E-state index is 6.26. The third-order valence-corrected chi connectivity index (χ3v) is 3.81. The van der Waals surface area contributed by atoms with E-state index in [1.807, 2.05) is 18.2 Å². The number of hydrogen-bond donors (Lipinski definition) is 0. The fraction of sp³-hybridized carbons (Fsp3) is 0.200. The second kappa shape index (κ2) is 5.02. The molecule has 0 N–H and O–H groups in total. The van der Waals surface area contributed by atoms with Gasteiger partial charge in [0.25, 0.3) is 0 Å². The molecule has 0 fully saturated rings. The Morgan fingerprint density at radius 1 is 1.05 bits per heavy atom. The molecule has 3 aromatic rings. The number of hydrogen-bond acceptors (Lipinski definition) is 5. The van der Waals surface area contributed by atoms with Gasteiger partial charge >= 0.3 is 0 Å². The Bertz CT molecular complexity index is 837. The molecule has 0 bridgehead atoms. The van der Waals surface area contributed by atoms with Gasteiger partial charge in [-0.1, -0.05) is 11.6 Å². The molecule has 3 heterocycles. The molecule has 0 atom stereocenters. The lowest BCUT2D eigenvalue weighted by Crippen LogP contribution is -2.14. The van der Waals surface area contributed by atoms with Gasteiger partial charge in [-0.05, 0) is 18.2 Å². The van der Waals surface area contributed by atoms with Crippen LogP contribution in [0.5, 0.6) is 0 Å². The predicted octanol–water partition coefficient (Wildman–Crippen LogP) is 2.81. The minimum Gasteiger partial charge on any atom is -0.376 e. The van der Waals surface area contributed by atoms with Gasteiger partial charge in [0.05, 0.1) is 29.9 Å². The number of ether oxygens (including phenoxy) is 1. The van der Waals surface area contributed by atoms with Crippen molar-refractivity contribution in [3.63, 3.8) is 0 Å². The zero-order valence-corrected chi connectivity index (χ0v) is 11.8. The maximum absolute atomic E-state index is 6.26. The van der Waals surface area contributed by atoms with E-state index >= 15 is 0 Å². The molecule has 0 unspecified atom stereocenters. The van der Waals surface area contributed by atoms with Crippen molar-refractivity contribution in [1.29, 1.82) is 0 Å². The average molecular weight is 299 g/mol. The van der Waals surface area contributed by atoms with Gasteiger partial charge in [-0.2, -0.15) is 0 Å². The Hall–Kier alpha value is -2.11. The van der Waals surface area contributed by atoms with Crippen LogP contribution in [0.2, 0.25) is 5.15 Å². The van der Waals surface area contributed by atoms with Crippen molar-refractivity contribution in [1.82, 2.24) is 19.9 Å². The number of aromatic nitrogens is 4. The molecule has 0 saturated heterocycles. The number of nitrogens with zero attached hydrogens (tertiary/aromatic N) is 4. The first-order valence-corrected chi connectivity index (χ1v) is 7.03. The van der Waals surface area contributed by atoms with Gasteiger partial charge in [-0.15, -0.1) is 0 Å². The summed E-state index contributed by atoms with van der Waals surface area (Å²) in [5.74, 6) is 0.619. The summed E-state index contributed by atoms with van der Waals surface area (Å²) in [6, 6.07) is 5.78. The first-order valence-electron chi connectivity index (χ1n) is 6.65. The quantitative estimate of drug-likeness (QED) is 0.647. The lowest BCUT2D eigenvalue weighted by atomic mass is 10.1. The zero-order valence-electron chi connectivity index (χ0n) is 11.1. The normalized spacial score (nSPS) is 14.1. The van der Waals surface area contributed by atoms with E-state index in [0.717, 1.165) is 34.3 Å². The van der Waals surface area contributed by atoms with Gasteiger partial charge in [0, 0.05) is 29.9 Å². The molecular weight excluding hydrogens is 288 g/mol. The van der Waals surface area contributed by atoms with Crippen LogP contribution in [0.3, 0.4) is 0 Å². The van der Waals surface area contributed by atoms with Crippen LogP contribution in [-0.4, -0.2) is 26.5 Å². The first-order chi connectivity index (χ1) is 10.3. The van der Waals surface area contributed by atoms with Gasteiger partial charge in [0.1, 0.15) is 5.15 Å². The maximum Gasteiger partial charge on any atom is 0.161 e. The van der Waals surface area contributed by atoms with E-state index < -0.39 is 0 Å². The van der Waals surface area contributed by atoms with Gasteiger partial charge < -0.3 is 4.74 Å². The fourth-order valence-corrected chi connectivity index (χ4v) is 2.67. The molecule has 104 valence electrons. The third kappa shape index (κ3) is 2.24. The monoisotopic (exact) mass is 298 g/mol. The van der Waals surface area contributed by atoms with Gasteiger partial charge in [0.15, 0.2) is 5.82 Å². The predicted molar refractivity (Wildman–Crippen MR) is 78.9 cm³/mol. The van der Waals surface area contributed by atoms with E-state index in [-0.39, 0.29) is 0 Å². The highest BCUT2D eigenvalue weighted by molar-refractivity contribution is 6.30. The number of fused-ring (bicyclic) bond motifs is 2. The Morgan fingerprint density at radius 3 is 2.81 bits per heavy atom. The highest BCUT2D eigenvalue weighted by Crippen LogP contribution is 2.26. The average Bonchev–Trinajstić information content (AvgIpc) is 2.54. The molecule has 2 aromatic heterocycles. The van der Waals surface area contributed by atoms with Crippen LogP contribution >= 0.6 is 11.6 Å². The van der Waals surface area contributed by atoms with Crippen LogP contribution < -0.4 is 0 Å². The number of rotatable bonds is 1. The molecule has 4 rings (SSSR count). The molecule has 6 heteroatoms. The Balaban J connectivity index is 1.86. The standard InChI is InChI=1S/C15H11ClN4O/c16-14-10-8-21-6-3-11(10)19-15(20-14)9-1-2-12-13(7-9)18-5-4-17-12/h1-2,4-5,7H,3,6,8H2. The molecule has 0 amide bonds. The van der Waals surface area contributed by atoms with Crippen LogP contribution in [0.4, 0.5) is 0 Å². The van der Waals surface area contributed by atoms with Crippen LogP contribution in [-0.2, 0) is 17.8 Å². The summed E-state index contributed by atoms with van der Waals surface area (Å²) in [7, 11) is 0. The van der Waals surface area contributed by atoms with Crippen molar-refractivity contribution in [3.05, 3.63) is 47.0 Å². The van der Waals surface area contributed by atoms with E-state index in [2.05, 4.69) is 19.9 Å². The largest absolute Gasteiger partial charge is 0.376 e. The SMILES string of the molecule is Clc1nc(-c2ccc3nccnc3c2)nc2c1COCC2. The Labute approximate surface area is 126 Å². The van der Waals surface area contributed by atoms with E-state index in [0.29, 0.717) is 24.2 Å². The summed E-state index contributed by atoms with van der Waals surface area (Å²) in [5.41, 5.74) is 4.41. The van der Waals surface area contributed by atoms with Crippen molar-refractivity contribution in [2.45, 2.75) is 13.0 Å². The Kier molecular flexibility index (Phi) is 3.02. The summed E-state index contributed by atoms with van der Waals surface area (Å²) < 4.78 is 5.40. The smallest absolute Gasteiger partial charge is 0.161 e. The van der Waals surface area contributed by atoms with Crippen LogP contribution in [0.25, 0.3) is 22.4 Å². The Morgan fingerprint density at radius 2 is 1.90 bits per heavy atom. The zero-order chi connectivity index (χ0) is 14.2. The van der Waals surface area contributed by atoms with Crippen LogP contribution in [0.1, 0.15) is 11.3 Å². The number of halogens is 1. The minimum absolute atomic E-state index is 0.467. The lowest BCUT2D eigenvalue weighted by Gasteiger charge is -2.17. The topological polar surface area (TPSA) is 60.8 Å². The van der Waals surface area contributed by atoms with Crippen LogP contribution in [0, 0.1) is 0 Å². The summed E-state index contributed by atoms with van der Waals surface area (Å²) in [5, 5.41) is 0.467. The molecule has 5 nitrogen and oxygen atoms in total. The molecular formula is C15H11ClN4O. The molecule has 0 saturated carbocycles.